The lowest BCUT2D eigenvalue weighted by Gasteiger charge is -2.04. The number of nitrogens with zero attached hydrogens (tertiary/aromatic N) is 3. The second-order valence-electron chi connectivity index (χ2n) is 2.96. The Bertz CT molecular complexity index is 416. The smallest absolute Gasteiger partial charge is 0.345 e. The zero-order chi connectivity index (χ0) is 10.8. The molecule has 1 aliphatic heterocycles. The highest BCUT2D eigenvalue weighted by Gasteiger charge is 2.18. The zero-order valence-electron chi connectivity index (χ0n) is 7.84. The molecule has 0 aromatic carbocycles. The minimum Gasteiger partial charge on any atom is -0.460 e. The Morgan fingerprint density at radius 3 is 3.13 bits per heavy atom. The summed E-state index contributed by atoms with van der Waals surface area (Å²) in [6.45, 7) is 2.48. The molecule has 0 amide bonds. The number of anilines is 1. The van der Waals surface area contributed by atoms with Crippen molar-refractivity contribution in [1.29, 1.82) is 0 Å². The van der Waals surface area contributed by atoms with Crippen LogP contribution in [0.4, 0.5) is 10.1 Å². The minimum atomic E-state index is -0.483. The Kier molecular flexibility index (Phi) is 2.50. The second kappa shape index (κ2) is 3.81. The number of rotatable bonds is 2. The third-order valence-corrected chi connectivity index (χ3v) is 2.56. The highest BCUT2D eigenvalue weighted by Crippen LogP contribution is 2.25. The summed E-state index contributed by atoms with van der Waals surface area (Å²) in [6.07, 6.45) is 1.24. The van der Waals surface area contributed by atoms with E-state index in [0.717, 1.165) is 11.3 Å². The quantitative estimate of drug-likeness (QED) is 0.607. The molecule has 0 radical (unpaired) electrons. The van der Waals surface area contributed by atoms with E-state index in [1.165, 1.54) is 6.20 Å². The summed E-state index contributed by atoms with van der Waals surface area (Å²) in [5, 5.41) is 13.6. The number of amidine groups is 1. The van der Waals surface area contributed by atoms with Crippen LogP contribution in [-0.2, 0) is 4.74 Å². The highest BCUT2D eigenvalue weighted by molar-refractivity contribution is 7.18. The van der Waals surface area contributed by atoms with Crippen molar-refractivity contribution in [1.82, 2.24) is 4.98 Å². The predicted octanol–water partition coefficient (Wildman–Crippen LogP) is 1.24. The van der Waals surface area contributed by atoms with Crippen molar-refractivity contribution < 1.29 is 9.66 Å². The Labute approximate surface area is 89.0 Å². The number of hydrogen-bond donors (Lipinski definition) is 1. The summed E-state index contributed by atoms with van der Waals surface area (Å²) in [5.74, 6) is 0. The molecule has 0 aliphatic carbocycles. The molecule has 1 atom stereocenters. The fraction of sp³-hybridized carbons (Fsp3) is 0.429. The van der Waals surface area contributed by atoms with Gasteiger partial charge in [0.25, 0.3) is 6.02 Å². The van der Waals surface area contributed by atoms with Crippen LogP contribution in [0.3, 0.4) is 0 Å². The maximum atomic E-state index is 10.4. The van der Waals surface area contributed by atoms with Gasteiger partial charge in [-0.3, -0.25) is 15.4 Å². The standard InChI is InChI=1S/C7H8N4O3S/c1-4-2-8-6(14-4)10-7-9-3-5(15-7)11(12)13/h3-4H,2H2,1H3,(H,8,9,10). The van der Waals surface area contributed by atoms with Crippen LogP contribution in [0, 0.1) is 10.1 Å². The lowest BCUT2D eigenvalue weighted by Crippen LogP contribution is -2.15. The molecule has 1 aromatic rings. The number of aliphatic imine (C=N–C) groups is 1. The van der Waals surface area contributed by atoms with Crippen molar-refractivity contribution >= 4 is 27.5 Å². The molecule has 2 heterocycles. The number of nitrogens with one attached hydrogen (secondary N) is 1. The normalized spacial score (nSPS) is 19.5. The molecule has 0 saturated carbocycles. The van der Waals surface area contributed by atoms with E-state index in [4.69, 9.17) is 4.74 Å². The van der Waals surface area contributed by atoms with E-state index in [2.05, 4.69) is 15.3 Å². The molecule has 1 aromatic heterocycles. The number of hydrogen-bond acceptors (Lipinski definition) is 7. The summed E-state index contributed by atoms with van der Waals surface area (Å²) < 4.78 is 5.27. The van der Waals surface area contributed by atoms with Gasteiger partial charge in [-0.1, -0.05) is 0 Å². The van der Waals surface area contributed by atoms with E-state index >= 15 is 0 Å². The van der Waals surface area contributed by atoms with Crippen molar-refractivity contribution in [2.75, 3.05) is 11.9 Å². The van der Waals surface area contributed by atoms with Gasteiger partial charge in [-0.05, 0) is 18.3 Å². The van der Waals surface area contributed by atoms with Gasteiger partial charge in [0.15, 0.2) is 5.13 Å². The van der Waals surface area contributed by atoms with E-state index < -0.39 is 4.92 Å². The molecular weight excluding hydrogens is 220 g/mol. The predicted molar refractivity (Wildman–Crippen MR) is 55.2 cm³/mol. The van der Waals surface area contributed by atoms with Gasteiger partial charge in [0.1, 0.15) is 12.3 Å². The maximum absolute atomic E-state index is 10.4. The van der Waals surface area contributed by atoms with Gasteiger partial charge in [0, 0.05) is 0 Å². The van der Waals surface area contributed by atoms with Gasteiger partial charge in [-0.15, -0.1) is 0 Å². The van der Waals surface area contributed by atoms with Crippen molar-refractivity contribution in [2.45, 2.75) is 13.0 Å². The molecule has 0 fully saturated rings. The van der Waals surface area contributed by atoms with Gasteiger partial charge in [0.2, 0.25) is 0 Å². The van der Waals surface area contributed by atoms with Crippen LogP contribution in [0.2, 0.25) is 0 Å². The molecular formula is C7H8N4O3S. The van der Waals surface area contributed by atoms with E-state index in [1.807, 2.05) is 6.92 Å². The van der Waals surface area contributed by atoms with Gasteiger partial charge >= 0.3 is 5.00 Å². The Hall–Kier alpha value is -1.70. The molecule has 1 N–H and O–H groups in total. The average molecular weight is 228 g/mol. The van der Waals surface area contributed by atoms with Gasteiger partial charge < -0.3 is 4.74 Å². The SMILES string of the molecule is CC1CN=C(Nc2ncc([N+](=O)[O-])s2)O1. The van der Waals surface area contributed by atoms with Gasteiger partial charge in [-0.2, -0.15) is 0 Å². The first-order chi connectivity index (χ1) is 7.15. The Morgan fingerprint density at radius 2 is 2.60 bits per heavy atom. The number of thiazole rings is 1. The largest absolute Gasteiger partial charge is 0.460 e. The first-order valence-electron chi connectivity index (χ1n) is 4.23. The number of nitro groups is 1. The lowest BCUT2D eigenvalue weighted by atomic mass is 10.4. The molecule has 0 spiro atoms. The lowest BCUT2D eigenvalue weighted by molar-refractivity contribution is -0.380. The summed E-state index contributed by atoms with van der Waals surface area (Å²) in [5.41, 5.74) is 0. The van der Waals surface area contributed by atoms with Crippen LogP contribution in [-0.4, -0.2) is 28.6 Å². The van der Waals surface area contributed by atoms with Crippen LogP contribution in [0.5, 0.6) is 0 Å². The van der Waals surface area contributed by atoms with Crippen LogP contribution in [0.1, 0.15) is 6.92 Å². The highest BCUT2D eigenvalue weighted by atomic mass is 32.1. The molecule has 2 rings (SSSR count). The minimum absolute atomic E-state index is 0.0101. The fourth-order valence-corrected chi connectivity index (χ4v) is 1.67. The monoisotopic (exact) mass is 228 g/mol. The van der Waals surface area contributed by atoms with Gasteiger partial charge in [-0.25, -0.2) is 9.98 Å². The summed E-state index contributed by atoms with van der Waals surface area (Å²) in [4.78, 5) is 17.8. The maximum Gasteiger partial charge on any atom is 0.345 e. The van der Waals surface area contributed by atoms with E-state index in [-0.39, 0.29) is 11.1 Å². The van der Waals surface area contributed by atoms with E-state index in [0.29, 0.717) is 17.7 Å². The molecule has 0 bridgehead atoms. The van der Waals surface area contributed by atoms with Crippen LogP contribution in [0.25, 0.3) is 0 Å². The molecule has 1 aliphatic rings. The van der Waals surface area contributed by atoms with Crippen molar-refractivity contribution in [2.24, 2.45) is 4.99 Å². The van der Waals surface area contributed by atoms with Gasteiger partial charge in [0.05, 0.1) is 11.5 Å². The molecule has 15 heavy (non-hydrogen) atoms. The fourth-order valence-electron chi connectivity index (χ4n) is 1.04. The van der Waals surface area contributed by atoms with Crippen LogP contribution >= 0.6 is 11.3 Å². The molecule has 1 unspecified atom stereocenters. The van der Waals surface area contributed by atoms with E-state index in [1.54, 1.807) is 0 Å². The number of aromatic nitrogens is 1. The first kappa shape index (κ1) is 9.84. The summed E-state index contributed by atoms with van der Waals surface area (Å²) >= 11 is 0.947. The third-order valence-electron chi connectivity index (χ3n) is 1.69. The molecule has 0 saturated heterocycles. The summed E-state index contributed by atoms with van der Waals surface area (Å²) in [7, 11) is 0. The average Bonchev–Trinajstić information content (AvgIpc) is 2.76. The Morgan fingerprint density at radius 1 is 1.80 bits per heavy atom. The van der Waals surface area contributed by atoms with Crippen molar-refractivity contribution in [3.05, 3.63) is 16.3 Å². The summed E-state index contributed by atoms with van der Waals surface area (Å²) in [6, 6.07) is 0.367. The van der Waals surface area contributed by atoms with Crippen LogP contribution < -0.4 is 5.32 Å². The second-order valence-corrected chi connectivity index (χ2v) is 3.97. The molecule has 7 nitrogen and oxygen atoms in total. The Balaban J connectivity index is 2.02. The van der Waals surface area contributed by atoms with Crippen molar-refractivity contribution in [3.63, 3.8) is 0 Å². The first-order valence-corrected chi connectivity index (χ1v) is 5.05. The third kappa shape index (κ3) is 2.21. The zero-order valence-corrected chi connectivity index (χ0v) is 8.65. The van der Waals surface area contributed by atoms with Crippen molar-refractivity contribution in [3.8, 4) is 0 Å². The number of ether oxygens (including phenoxy) is 1. The molecule has 80 valence electrons. The molecule has 8 heteroatoms. The topological polar surface area (TPSA) is 89.7 Å². The van der Waals surface area contributed by atoms with Crippen LogP contribution in [0.15, 0.2) is 11.2 Å². The van der Waals surface area contributed by atoms with E-state index in [9.17, 15) is 10.1 Å².